The molecule has 1 rings (SSSR count). The van der Waals surface area contributed by atoms with Gasteiger partial charge in [-0.15, -0.1) is 0 Å². The van der Waals surface area contributed by atoms with E-state index in [0.29, 0.717) is 13.1 Å². The minimum Gasteiger partial charge on any atom is -0.355 e. The largest absolute Gasteiger partial charge is 0.355 e. The number of nitrogens with one attached hydrogen (secondary N) is 1. The lowest BCUT2D eigenvalue weighted by Gasteiger charge is -2.37. The van der Waals surface area contributed by atoms with Crippen molar-refractivity contribution < 1.29 is 9.59 Å². The molecule has 6 nitrogen and oxygen atoms in total. The minimum absolute atomic E-state index is 0.000720. The number of hydrogen-bond donors (Lipinski definition) is 1. The number of carbonyl (C=O) groups is 2. The molecule has 0 radical (unpaired) electrons. The number of hydrogen-bond acceptors (Lipinski definition) is 4. The summed E-state index contributed by atoms with van der Waals surface area (Å²) < 4.78 is 0. The molecule has 1 saturated heterocycles. The van der Waals surface area contributed by atoms with Crippen LogP contribution in [0.3, 0.4) is 0 Å². The molecular formula is C16H32N4O2. The highest BCUT2D eigenvalue weighted by Crippen LogP contribution is 2.06. The molecule has 1 heterocycles. The van der Waals surface area contributed by atoms with Crippen LogP contribution in [0.1, 0.15) is 27.7 Å². The molecular weight excluding hydrogens is 280 g/mol. The molecule has 0 aromatic carbocycles. The molecule has 0 saturated carbocycles. The Labute approximate surface area is 134 Å². The first-order chi connectivity index (χ1) is 10.4. The van der Waals surface area contributed by atoms with E-state index in [1.54, 1.807) is 0 Å². The summed E-state index contributed by atoms with van der Waals surface area (Å²) in [6, 6.07) is -0.149. The normalized spacial score (nSPS) is 17.9. The maximum Gasteiger partial charge on any atom is 0.239 e. The molecule has 0 aromatic rings. The van der Waals surface area contributed by atoms with Gasteiger partial charge in [-0.05, 0) is 20.5 Å². The molecule has 0 spiro atoms. The van der Waals surface area contributed by atoms with Crippen LogP contribution in [-0.2, 0) is 9.59 Å². The summed E-state index contributed by atoms with van der Waals surface area (Å²) in [5, 5.41) is 2.89. The number of amides is 2. The fraction of sp³-hybridized carbons (Fsp3) is 0.875. The third-order valence-corrected chi connectivity index (χ3v) is 4.44. The van der Waals surface area contributed by atoms with Crippen LogP contribution in [0.25, 0.3) is 0 Å². The van der Waals surface area contributed by atoms with E-state index < -0.39 is 0 Å². The standard InChI is InChI=1S/C16H32N4O2/c1-6-19-9-11-20(12-10-19)16(22)14(4)18(5)8-7-17-15(21)13(2)3/h13-14H,6-12H2,1-5H3,(H,17,21)/t14-/m1/s1. The van der Waals surface area contributed by atoms with Gasteiger partial charge in [0.25, 0.3) is 0 Å². The molecule has 1 fully saturated rings. The van der Waals surface area contributed by atoms with Gasteiger partial charge in [-0.25, -0.2) is 0 Å². The third-order valence-electron chi connectivity index (χ3n) is 4.44. The SMILES string of the molecule is CCN1CCN(C(=O)[C@@H](C)N(C)CCNC(=O)C(C)C)CC1. The number of rotatable bonds is 7. The van der Waals surface area contributed by atoms with Crippen molar-refractivity contribution in [1.29, 1.82) is 0 Å². The highest BCUT2D eigenvalue weighted by atomic mass is 16.2. The Balaban J connectivity index is 2.34. The summed E-state index contributed by atoms with van der Waals surface area (Å²) in [6.45, 7) is 13.7. The van der Waals surface area contributed by atoms with Crippen molar-refractivity contribution in [3.8, 4) is 0 Å². The first-order valence-corrected chi connectivity index (χ1v) is 8.35. The lowest BCUT2D eigenvalue weighted by atomic mass is 10.2. The second-order valence-corrected chi connectivity index (χ2v) is 6.36. The Bertz CT molecular complexity index is 365. The van der Waals surface area contributed by atoms with E-state index in [4.69, 9.17) is 0 Å². The number of likely N-dealkylation sites (N-methyl/N-ethyl adjacent to an activating group) is 2. The van der Waals surface area contributed by atoms with Crippen LogP contribution in [0.15, 0.2) is 0 Å². The van der Waals surface area contributed by atoms with Gasteiger partial charge in [-0.3, -0.25) is 14.5 Å². The Kier molecular flexibility index (Phi) is 7.82. The average Bonchev–Trinajstić information content (AvgIpc) is 2.53. The molecule has 2 amide bonds. The van der Waals surface area contributed by atoms with Gasteiger partial charge < -0.3 is 15.1 Å². The van der Waals surface area contributed by atoms with E-state index >= 15 is 0 Å². The van der Waals surface area contributed by atoms with Crippen LogP contribution < -0.4 is 5.32 Å². The van der Waals surface area contributed by atoms with Crippen molar-refractivity contribution in [1.82, 2.24) is 20.0 Å². The zero-order chi connectivity index (χ0) is 16.7. The molecule has 0 bridgehead atoms. The molecule has 128 valence electrons. The van der Waals surface area contributed by atoms with Gasteiger partial charge in [0.15, 0.2) is 0 Å². The quantitative estimate of drug-likeness (QED) is 0.732. The van der Waals surface area contributed by atoms with E-state index in [0.717, 1.165) is 32.7 Å². The Morgan fingerprint density at radius 2 is 1.73 bits per heavy atom. The summed E-state index contributed by atoms with van der Waals surface area (Å²) in [5.74, 6) is 0.246. The van der Waals surface area contributed by atoms with Gasteiger partial charge in [-0.1, -0.05) is 20.8 Å². The van der Waals surface area contributed by atoms with Crippen molar-refractivity contribution in [2.45, 2.75) is 33.7 Å². The highest BCUT2D eigenvalue weighted by Gasteiger charge is 2.26. The third kappa shape index (κ3) is 5.57. The predicted octanol–water partition coefficient (Wildman–Crippen LogP) is 0.243. The van der Waals surface area contributed by atoms with Crippen molar-refractivity contribution in [2.24, 2.45) is 5.92 Å². The second kappa shape index (κ2) is 9.10. The summed E-state index contributed by atoms with van der Waals surface area (Å²) >= 11 is 0. The second-order valence-electron chi connectivity index (χ2n) is 6.36. The topological polar surface area (TPSA) is 55.9 Å². The summed E-state index contributed by atoms with van der Waals surface area (Å²) in [4.78, 5) is 30.4. The molecule has 1 aliphatic heterocycles. The van der Waals surface area contributed by atoms with Gasteiger partial charge in [0.1, 0.15) is 0 Å². The lowest BCUT2D eigenvalue weighted by molar-refractivity contribution is -0.137. The van der Waals surface area contributed by atoms with Crippen molar-refractivity contribution in [2.75, 3.05) is 52.9 Å². The summed E-state index contributed by atoms with van der Waals surface area (Å²) in [7, 11) is 1.94. The van der Waals surface area contributed by atoms with Gasteiger partial charge in [0.2, 0.25) is 11.8 Å². The Morgan fingerprint density at radius 3 is 2.23 bits per heavy atom. The minimum atomic E-state index is -0.149. The zero-order valence-corrected chi connectivity index (χ0v) is 14.8. The maximum atomic E-state index is 12.5. The average molecular weight is 312 g/mol. The number of nitrogens with zero attached hydrogens (tertiary/aromatic N) is 3. The van der Waals surface area contributed by atoms with Gasteiger partial charge in [0, 0.05) is 45.2 Å². The summed E-state index contributed by atoms with van der Waals surface area (Å²) in [6.07, 6.45) is 0. The Hall–Kier alpha value is -1.14. The van der Waals surface area contributed by atoms with Crippen LogP contribution >= 0.6 is 0 Å². The first kappa shape index (κ1) is 18.9. The van der Waals surface area contributed by atoms with E-state index in [1.165, 1.54) is 0 Å². The van der Waals surface area contributed by atoms with Crippen LogP contribution in [0, 0.1) is 5.92 Å². The van der Waals surface area contributed by atoms with Crippen LogP contribution in [0.2, 0.25) is 0 Å². The molecule has 0 unspecified atom stereocenters. The van der Waals surface area contributed by atoms with Crippen molar-refractivity contribution in [3.05, 3.63) is 0 Å². The number of carbonyl (C=O) groups excluding carboxylic acids is 2. The monoisotopic (exact) mass is 312 g/mol. The fourth-order valence-electron chi connectivity index (χ4n) is 2.49. The van der Waals surface area contributed by atoms with E-state index in [9.17, 15) is 9.59 Å². The maximum absolute atomic E-state index is 12.5. The molecule has 1 aliphatic rings. The van der Waals surface area contributed by atoms with Crippen LogP contribution in [0.5, 0.6) is 0 Å². The van der Waals surface area contributed by atoms with Gasteiger partial charge in [-0.2, -0.15) is 0 Å². The molecule has 1 atom stereocenters. The first-order valence-electron chi connectivity index (χ1n) is 8.35. The zero-order valence-electron chi connectivity index (χ0n) is 14.8. The molecule has 0 aliphatic carbocycles. The van der Waals surface area contributed by atoms with Gasteiger partial charge in [0.05, 0.1) is 6.04 Å². The lowest BCUT2D eigenvalue weighted by Crippen LogP contribution is -2.54. The molecule has 0 aromatic heterocycles. The molecule has 22 heavy (non-hydrogen) atoms. The predicted molar refractivity (Wildman–Crippen MR) is 88.6 cm³/mol. The van der Waals surface area contributed by atoms with Crippen molar-refractivity contribution >= 4 is 11.8 Å². The van der Waals surface area contributed by atoms with E-state index in [-0.39, 0.29) is 23.8 Å². The fourth-order valence-corrected chi connectivity index (χ4v) is 2.49. The van der Waals surface area contributed by atoms with Gasteiger partial charge >= 0.3 is 0 Å². The van der Waals surface area contributed by atoms with Crippen LogP contribution in [0.4, 0.5) is 0 Å². The molecule has 6 heteroatoms. The number of piperazine rings is 1. The Morgan fingerprint density at radius 1 is 1.14 bits per heavy atom. The van der Waals surface area contributed by atoms with E-state index in [2.05, 4.69) is 17.1 Å². The van der Waals surface area contributed by atoms with Crippen LogP contribution in [-0.4, -0.2) is 85.4 Å². The summed E-state index contributed by atoms with van der Waals surface area (Å²) in [5.41, 5.74) is 0. The highest BCUT2D eigenvalue weighted by molar-refractivity contribution is 5.81. The smallest absolute Gasteiger partial charge is 0.239 e. The van der Waals surface area contributed by atoms with E-state index in [1.807, 2.05) is 37.6 Å². The van der Waals surface area contributed by atoms with Crippen molar-refractivity contribution in [3.63, 3.8) is 0 Å². The molecule has 1 N–H and O–H groups in total.